The monoisotopic (exact) mass is 378 g/mol. The van der Waals surface area contributed by atoms with Crippen molar-refractivity contribution in [3.63, 3.8) is 0 Å². The van der Waals surface area contributed by atoms with Crippen LogP contribution in [0.4, 0.5) is 5.00 Å². The normalized spacial score (nSPS) is 11.9. The maximum absolute atomic E-state index is 12.3. The van der Waals surface area contributed by atoms with Gasteiger partial charge in [-0.15, -0.1) is 11.3 Å². The molecule has 0 bridgehead atoms. The van der Waals surface area contributed by atoms with E-state index < -0.39 is 18.0 Å². The summed E-state index contributed by atoms with van der Waals surface area (Å²) in [5, 5.41) is 5.88. The van der Waals surface area contributed by atoms with Crippen LogP contribution in [0.2, 0.25) is 0 Å². The lowest BCUT2D eigenvalue weighted by molar-refractivity contribution is -0.129. The number of amides is 2. The largest absolute Gasteiger partial charge is 0.459 e. The van der Waals surface area contributed by atoms with Gasteiger partial charge in [-0.25, -0.2) is 4.79 Å². The molecule has 2 aromatic rings. The van der Waals surface area contributed by atoms with E-state index in [2.05, 4.69) is 10.6 Å². The molecule has 8 heteroatoms. The van der Waals surface area contributed by atoms with Crippen LogP contribution in [-0.4, -0.2) is 30.4 Å². The van der Waals surface area contributed by atoms with Gasteiger partial charge in [0.25, 0.3) is 11.8 Å². The summed E-state index contributed by atoms with van der Waals surface area (Å²) in [7, 11) is 0. The van der Waals surface area contributed by atoms with Crippen molar-refractivity contribution >= 4 is 34.1 Å². The highest BCUT2D eigenvalue weighted by molar-refractivity contribution is 7.18. The van der Waals surface area contributed by atoms with Gasteiger partial charge in [0.1, 0.15) is 4.88 Å². The van der Waals surface area contributed by atoms with E-state index in [1.54, 1.807) is 25.1 Å². The minimum Gasteiger partial charge on any atom is -0.459 e. The van der Waals surface area contributed by atoms with Gasteiger partial charge in [0.2, 0.25) is 0 Å². The molecular formula is C18H22N2O5S. The fraction of sp³-hybridized carbons (Fsp3) is 0.389. The molecule has 0 spiro atoms. The molecule has 0 radical (unpaired) electrons. The fourth-order valence-corrected chi connectivity index (χ4v) is 2.99. The van der Waals surface area contributed by atoms with Gasteiger partial charge >= 0.3 is 5.97 Å². The SMILES string of the molecule is Cc1cc(NC(=O)c2ccco2)sc1C(=O)OC(C)C(=O)NCC(C)C. The lowest BCUT2D eigenvalue weighted by Crippen LogP contribution is -2.37. The summed E-state index contributed by atoms with van der Waals surface area (Å²) >= 11 is 1.09. The van der Waals surface area contributed by atoms with E-state index in [0.29, 0.717) is 27.9 Å². The molecule has 0 saturated carbocycles. The third-order valence-electron chi connectivity index (χ3n) is 3.42. The van der Waals surface area contributed by atoms with Crippen LogP contribution in [0.3, 0.4) is 0 Å². The molecule has 140 valence electrons. The first-order valence-corrected chi connectivity index (χ1v) is 9.03. The van der Waals surface area contributed by atoms with Crippen LogP contribution in [0.1, 0.15) is 46.6 Å². The maximum Gasteiger partial charge on any atom is 0.349 e. The third-order valence-corrected chi connectivity index (χ3v) is 4.56. The first-order valence-electron chi connectivity index (χ1n) is 8.22. The van der Waals surface area contributed by atoms with Crippen LogP contribution in [0.25, 0.3) is 0 Å². The zero-order chi connectivity index (χ0) is 19.3. The van der Waals surface area contributed by atoms with Crippen molar-refractivity contribution in [3.05, 3.63) is 40.7 Å². The highest BCUT2D eigenvalue weighted by Gasteiger charge is 2.22. The molecule has 1 unspecified atom stereocenters. The van der Waals surface area contributed by atoms with Gasteiger partial charge in [0, 0.05) is 6.54 Å². The molecule has 0 aromatic carbocycles. The van der Waals surface area contributed by atoms with Crippen LogP contribution in [0.5, 0.6) is 0 Å². The standard InChI is InChI=1S/C18H22N2O5S/c1-10(2)9-19-16(21)12(4)25-18(23)15-11(3)8-14(26-15)20-17(22)13-6-5-7-24-13/h5-8,10,12H,9H2,1-4H3,(H,19,21)(H,20,22). The Labute approximate surface area is 155 Å². The molecular weight excluding hydrogens is 356 g/mol. The number of anilines is 1. The van der Waals surface area contributed by atoms with Crippen molar-refractivity contribution in [2.24, 2.45) is 5.92 Å². The Kier molecular flexibility index (Phi) is 6.57. The predicted molar refractivity (Wildman–Crippen MR) is 98.4 cm³/mol. The van der Waals surface area contributed by atoms with E-state index in [9.17, 15) is 14.4 Å². The number of esters is 1. The Morgan fingerprint density at radius 2 is 2.00 bits per heavy atom. The van der Waals surface area contributed by atoms with Gasteiger partial charge < -0.3 is 19.8 Å². The summed E-state index contributed by atoms with van der Waals surface area (Å²) in [4.78, 5) is 36.6. The number of carbonyl (C=O) groups is 3. The lowest BCUT2D eigenvalue weighted by atomic mass is 10.2. The second kappa shape index (κ2) is 8.66. The summed E-state index contributed by atoms with van der Waals surface area (Å²) in [6.45, 7) is 7.73. The second-order valence-corrected chi connectivity index (χ2v) is 7.29. The lowest BCUT2D eigenvalue weighted by Gasteiger charge is -2.14. The first-order chi connectivity index (χ1) is 12.3. The number of hydrogen-bond donors (Lipinski definition) is 2. The van der Waals surface area contributed by atoms with Crippen molar-refractivity contribution in [3.8, 4) is 0 Å². The minimum atomic E-state index is -0.899. The maximum atomic E-state index is 12.3. The number of aryl methyl sites for hydroxylation is 1. The van der Waals surface area contributed by atoms with Gasteiger partial charge in [-0.2, -0.15) is 0 Å². The van der Waals surface area contributed by atoms with E-state index in [0.717, 1.165) is 11.3 Å². The van der Waals surface area contributed by atoms with Crippen LogP contribution in [0.15, 0.2) is 28.9 Å². The number of thiophene rings is 1. The quantitative estimate of drug-likeness (QED) is 0.721. The average Bonchev–Trinajstić information content (AvgIpc) is 3.22. The summed E-state index contributed by atoms with van der Waals surface area (Å²) in [6.07, 6.45) is 0.507. The van der Waals surface area contributed by atoms with E-state index >= 15 is 0 Å². The summed E-state index contributed by atoms with van der Waals surface area (Å²) in [5.41, 5.74) is 0.657. The van der Waals surface area contributed by atoms with Gasteiger partial charge in [-0.3, -0.25) is 9.59 Å². The Morgan fingerprint density at radius 1 is 1.27 bits per heavy atom. The fourth-order valence-electron chi connectivity index (χ4n) is 2.04. The van der Waals surface area contributed by atoms with Crippen molar-refractivity contribution in [1.29, 1.82) is 0 Å². The van der Waals surface area contributed by atoms with E-state index in [-0.39, 0.29) is 11.7 Å². The average molecular weight is 378 g/mol. The van der Waals surface area contributed by atoms with Crippen molar-refractivity contribution in [1.82, 2.24) is 5.32 Å². The van der Waals surface area contributed by atoms with Gasteiger partial charge in [-0.1, -0.05) is 13.8 Å². The zero-order valence-corrected chi connectivity index (χ0v) is 15.9. The smallest absolute Gasteiger partial charge is 0.349 e. The predicted octanol–water partition coefficient (Wildman–Crippen LogP) is 3.22. The molecule has 0 aliphatic heterocycles. The van der Waals surface area contributed by atoms with Crippen molar-refractivity contribution < 1.29 is 23.5 Å². The van der Waals surface area contributed by atoms with E-state index in [4.69, 9.17) is 9.15 Å². The number of hydrogen-bond acceptors (Lipinski definition) is 6. The molecule has 7 nitrogen and oxygen atoms in total. The molecule has 2 amide bonds. The summed E-state index contributed by atoms with van der Waals surface area (Å²) in [5.74, 6) is -0.860. The highest BCUT2D eigenvalue weighted by Crippen LogP contribution is 2.28. The Morgan fingerprint density at radius 3 is 2.62 bits per heavy atom. The molecule has 0 aliphatic carbocycles. The minimum absolute atomic E-state index is 0.177. The first kappa shape index (κ1) is 19.7. The van der Waals surface area contributed by atoms with Crippen molar-refractivity contribution in [2.75, 3.05) is 11.9 Å². The molecule has 2 N–H and O–H groups in total. The number of furan rings is 1. The van der Waals surface area contributed by atoms with Crippen LogP contribution in [-0.2, 0) is 9.53 Å². The van der Waals surface area contributed by atoms with Crippen LogP contribution < -0.4 is 10.6 Å². The molecule has 0 saturated heterocycles. The number of carbonyl (C=O) groups excluding carboxylic acids is 3. The van der Waals surface area contributed by atoms with Gasteiger partial charge in [-0.05, 0) is 43.5 Å². The number of rotatable bonds is 7. The molecule has 1 atom stereocenters. The number of ether oxygens (including phenoxy) is 1. The Bertz CT molecular complexity index is 780. The van der Waals surface area contributed by atoms with Gasteiger partial charge in [0.15, 0.2) is 11.9 Å². The molecule has 0 aliphatic rings. The van der Waals surface area contributed by atoms with Crippen LogP contribution in [0, 0.1) is 12.8 Å². The number of nitrogens with one attached hydrogen (secondary N) is 2. The van der Waals surface area contributed by atoms with Gasteiger partial charge in [0.05, 0.1) is 11.3 Å². The van der Waals surface area contributed by atoms with Crippen molar-refractivity contribution in [2.45, 2.75) is 33.8 Å². The molecule has 0 fully saturated rings. The Hall–Kier alpha value is -2.61. The highest BCUT2D eigenvalue weighted by atomic mass is 32.1. The summed E-state index contributed by atoms with van der Waals surface area (Å²) in [6, 6.07) is 4.83. The topological polar surface area (TPSA) is 97.6 Å². The molecule has 2 aromatic heterocycles. The van der Waals surface area contributed by atoms with Crippen LogP contribution >= 0.6 is 11.3 Å². The Balaban J connectivity index is 1.98. The zero-order valence-electron chi connectivity index (χ0n) is 15.1. The van der Waals surface area contributed by atoms with E-state index in [1.165, 1.54) is 13.2 Å². The molecule has 2 heterocycles. The third kappa shape index (κ3) is 5.19. The van der Waals surface area contributed by atoms with E-state index in [1.807, 2.05) is 13.8 Å². The second-order valence-electron chi connectivity index (χ2n) is 6.24. The molecule has 26 heavy (non-hydrogen) atoms. The summed E-state index contributed by atoms with van der Waals surface area (Å²) < 4.78 is 10.3. The molecule has 2 rings (SSSR count).